The smallest absolute Gasteiger partial charge is 0.265 e. The van der Waals surface area contributed by atoms with Crippen molar-refractivity contribution in [1.29, 1.82) is 0 Å². The fraction of sp³-hybridized carbons (Fsp3) is 0. The molecular formula is C10H10FN5O2S. The first kappa shape index (κ1) is 13.2. The lowest BCUT2D eigenvalue weighted by atomic mass is 10.4. The van der Waals surface area contributed by atoms with Gasteiger partial charge < -0.3 is 5.43 Å². The van der Waals surface area contributed by atoms with Gasteiger partial charge in [0.2, 0.25) is 0 Å². The second kappa shape index (κ2) is 5.16. The van der Waals surface area contributed by atoms with Crippen LogP contribution in [0.15, 0.2) is 41.8 Å². The highest BCUT2D eigenvalue weighted by atomic mass is 32.2. The average Bonchev–Trinajstić information content (AvgIpc) is 2.41. The molecule has 0 radical (unpaired) electrons. The SMILES string of the molecule is NNc1ccncc1S(=O)(=O)Nc1ccncc1F. The van der Waals surface area contributed by atoms with E-state index < -0.39 is 15.8 Å². The molecule has 0 bridgehead atoms. The van der Waals surface area contributed by atoms with Crippen molar-refractivity contribution in [3.63, 3.8) is 0 Å². The monoisotopic (exact) mass is 283 g/mol. The summed E-state index contributed by atoms with van der Waals surface area (Å²) in [5, 5.41) is 0. The lowest BCUT2D eigenvalue weighted by Gasteiger charge is -2.11. The third kappa shape index (κ3) is 2.77. The van der Waals surface area contributed by atoms with Gasteiger partial charge in [-0.3, -0.25) is 20.5 Å². The van der Waals surface area contributed by atoms with Gasteiger partial charge in [0.05, 0.1) is 17.6 Å². The zero-order valence-electron chi connectivity index (χ0n) is 9.54. The number of nitrogens with two attached hydrogens (primary N) is 1. The zero-order valence-corrected chi connectivity index (χ0v) is 10.4. The van der Waals surface area contributed by atoms with Crippen molar-refractivity contribution in [1.82, 2.24) is 9.97 Å². The van der Waals surface area contributed by atoms with Crippen molar-refractivity contribution >= 4 is 21.4 Å². The van der Waals surface area contributed by atoms with Crippen LogP contribution >= 0.6 is 0 Å². The van der Waals surface area contributed by atoms with E-state index in [9.17, 15) is 12.8 Å². The van der Waals surface area contributed by atoms with Crippen molar-refractivity contribution in [3.05, 3.63) is 42.7 Å². The number of pyridine rings is 2. The van der Waals surface area contributed by atoms with E-state index in [1.165, 1.54) is 24.5 Å². The van der Waals surface area contributed by atoms with Crippen molar-refractivity contribution in [2.75, 3.05) is 10.1 Å². The summed E-state index contributed by atoms with van der Waals surface area (Å²) in [6.45, 7) is 0. The average molecular weight is 283 g/mol. The quantitative estimate of drug-likeness (QED) is 0.563. The summed E-state index contributed by atoms with van der Waals surface area (Å²) in [4.78, 5) is 7.04. The van der Waals surface area contributed by atoms with E-state index in [4.69, 9.17) is 5.84 Å². The number of halogens is 1. The van der Waals surface area contributed by atoms with Gasteiger partial charge in [-0.25, -0.2) is 12.8 Å². The Morgan fingerprint density at radius 2 is 1.74 bits per heavy atom. The Kier molecular flexibility index (Phi) is 3.58. The predicted molar refractivity (Wildman–Crippen MR) is 67.1 cm³/mol. The number of nitrogen functional groups attached to an aromatic ring is 1. The van der Waals surface area contributed by atoms with Gasteiger partial charge in [-0.2, -0.15) is 0 Å². The topological polar surface area (TPSA) is 110 Å². The Morgan fingerprint density at radius 3 is 2.37 bits per heavy atom. The highest BCUT2D eigenvalue weighted by Gasteiger charge is 2.20. The van der Waals surface area contributed by atoms with E-state index in [1.807, 2.05) is 0 Å². The summed E-state index contributed by atoms with van der Waals surface area (Å²) in [5.74, 6) is 4.44. The highest BCUT2D eigenvalue weighted by molar-refractivity contribution is 7.92. The number of hydrogen-bond donors (Lipinski definition) is 3. The fourth-order valence-electron chi connectivity index (χ4n) is 1.37. The van der Waals surface area contributed by atoms with Crippen LogP contribution in [0.1, 0.15) is 0 Å². The highest BCUT2D eigenvalue weighted by Crippen LogP contribution is 2.22. The van der Waals surface area contributed by atoms with Crippen molar-refractivity contribution in [2.45, 2.75) is 4.90 Å². The molecule has 0 aliphatic carbocycles. The molecule has 0 atom stereocenters. The summed E-state index contributed by atoms with van der Waals surface area (Å²) in [5.41, 5.74) is 2.18. The molecule has 2 aromatic rings. The first-order chi connectivity index (χ1) is 9.04. The third-order valence-electron chi connectivity index (χ3n) is 2.25. The lowest BCUT2D eigenvalue weighted by Crippen LogP contribution is -2.18. The number of aromatic nitrogens is 2. The second-order valence-electron chi connectivity index (χ2n) is 3.48. The zero-order chi connectivity index (χ0) is 13.9. The number of hydrazine groups is 1. The summed E-state index contributed by atoms with van der Waals surface area (Å²) in [7, 11) is -4.00. The maximum atomic E-state index is 13.4. The molecule has 0 spiro atoms. The van der Waals surface area contributed by atoms with Gasteiger partial charge in [-0.1, -0.05) is 0 Å². The Labute approximate surface area is 108 Å². The van der Waals surface area contributed by atoms with Crippen LogP contribution in [0.25, 0.3) is 0 Å². The molecule has 19 heavy (non-hydrogen) atoms. The lowest BCUT2D eigenvalue weighted by molar-refractivity contribution is 0.598. The minimum atomic E-state index is -4.00. The second-order valence-corrected chi connectivity index (χ2v) is 5.13. The van der Waals surface area contributed by atoms with Gasteiger partial charge in [0.15, 0.2) is 5.82 Å². The van der Waals surface area contributed by atoms with Crippen LogP contribution in [0, 0.1) is 5.82 Å². The molecule has 0 fully saturated rings. The first-order valence-electron chi connectivity index (χ1n) is 5.07. The molecule has 2 aromatic heterocycles. The molecule has 0 unspecified atom stereocenters. The Balaban J connectivity index is 2.41. The largest absolute Gasteiger partial charge is 0.323 e. The van der Waals surface area contributed by atoms with Crippen LogP contribution in [-0.2, 0) is 10.0 Å². The first-order valence-corrected chi connectivity index (χ1v) is 6.56. The molecule has 7 nitrogen and oxygen atoms in total. The maximum Gasteiger partial charge on any atom is 0.265 e. The van der Waals surface area contributed by atoms with Gasteiger partial charge >= 0.3 is 0 Å². The minimum absolute atomic E-state index is 0.150. The van der Waals surface area contributed by atoms with Gasteiger partial charge in [0, 0.05) is 18.6 Å². The number of sulfonamides is 1. The van der Waals surface area contributed by atoms with E-state index >= 15 is 0 Å². The third-order valence-corrected chi connectivity index (χ3v) is 3.64. The summed E-state index contributed by atoms with van der Waals surface area (Å²) in [6, 6.07) is 2.59. The van der Waals surface area contributed by atoms with E-state index in [0.717, 1.165) is 12.4 Å². The fourth-order valence-corrected chi connectivity index (χ4v) is 2.55. The molecule has 100 valence electrons. The molecule has 2 rings (SSSR count). The van der Waals surface area contributed by atoms with Crippen LogP contribution in [0.5, 0.6) is 0 Å². The number of rotatable bonds is 4. The number of hydrogen-bond acceptors (Lipinski definition) is 6. The summed E-state index contributed by atoms with van der Waals surface area (Å²) in [6.07, 6.45) is 4.66. The predicted octanol–water partition coefficient (Wildman–Crippen LogP) is 0.702. The van der Waals surface area contributed by atoms with Crippen LogP contribution in [-0.4, -0.2) is 18.4 Å². The van der Waals surface area contributed by atoms with Crippen LogP contribution in [0.3, 0.4) is 0 Å². The number of nitrogens with one attached hydrogen (secondary N) is 2. The molecule has 0 saturated heterocycles. The van der Waals surface area contributed by atoms with Crippen LogP contribution in [0.4, 0.5) is 15.8 Å². The maximum absolute atomic E-state index is 13.4. The molecule has 0 aliphatic heterocycles. The van der Waals surface area contributed by atoms with E-state index in [-0.39, 0.29) is 16.3 Å². The normalized spacial score (nSPS) is 11.1. The van der Waals surface area contributed by atoms with E-state index in [2.05, 4.69) is 20.1 Å². The number of nitrogens with zero attached hydrogens (tertiary/aromatic N) is 2. The van der Waals surface area contributed by atoms with Gasteiger partial charge in [-0.15, -0.1) is 0 Å². The number of anilines is 2. The van der Waals surface area contributed by atoms with Crippen molar-refractivity contribution in [2.24, 2.45) is 5.84 Å². The van der Waals surface area contributed by atoms with E-state index in [1.54, 1.807) is 0 Å². The standard InChI is InChI=1S/C10H10FN5O2S/c11-7-5-13-3-1-8(7)16-19(17,18)10-6-14-4-2-9(10)15-12/h1-6H,12H2,(H,13,16)(H,14,15). The molecule has 0 aromatic carbocycles. The molecule has 0 saturated carbocycles. The molecule has 2 heterocycles. The molecular weight excluding hydrogens is 273 g/mol. The molecule has 4 N–H and O–H groups in total. The van der Waals surface area contributed by atoms with Crippen molar-refractivity contribution < 1.29 is 12.8 Å². The Bertz CT molecular complexity index is 692. The van der Waals surface area contributed by atoms with E-state index in [0.29, 0.717) is 0 Å². The van der Waals surface area contributed by atoms with Gasteiger partial charge in [-0.05, 0) is 12.1 Å². The van der Waals surface area contributed by atoms with Crippen LogP contribution < -0.4 is 16.0 Å². The minimum Gasteiger partial charge on any atom is -0.323 e. The van der Waals surface area contributed by atoms with Gasteiger partial charge in [0.25, 0.3) is 10.0 Å². The van der Waals surface area contributed by atoms with Crippen molar-refractivity contribution in [3.8, 4) is 0 Å². The molecule has 0 amide bonds. The van der Waals surface area contributed by atoms with Gasteiger partial charge in [0.1, 0.15) is 4.90 Å². The summed E-state index contributed by atoms with van der Waals surface area (Å²) < 4.78 is 39.7. The summed E-state index contributed by atoms with van der Waals surface area (Å²) >= 11 is 0. The molecule has 9 heteroatoms. The Hall–Kier alpha value is -2.26. The Morgan fingerprint density at radius 1 is 1.11 bits per heavy atom. The van der Waals surface area contributed by atoms with Crippen LogP contribution in [0.2, 0.25) is 0 Å². The molecule has 0 aliphatic rings.